The second kappa shape index (κ2) is 9.46. The Morgan fingerprint density at radius 3 is 2.38 bits per heavy atom. The number of carbonyl (C=O) groups is 1. The number of amides is 1. The zero-order chi connectivity index (χ0) is 22.7. The van der Waals surface area contributed by atoms with Crippen LogP contribution >= 0.6 is 0 Å². The minimum absolute atomic E-state index is 0.0715. The SMILES string of the molecule is COc1ccc(/C=C/C(=O)Nc2ccc(S(=O)(=O)NC(C)C3CC4CCC3C4)cc2)cc1. The lowest BCUT2D eigenvalue weighted by atomic mass is 9.84. The summed E-state index contributed by atoms with van der Waals surface area (Å²) in [5.74, 6) is 2.32. The molecular weight excluding hydrogens is 424 g/mol. The second-order valence-electron chi connectivity index (χ2n) is 8.87. The first-order valence-electron chi connectivity index (χ1n) is 11.1. The van der Waals surface area contributed by atoms with E-state index >= 15 is 0 Å². The first-order valence-corrected chi connectivity index (χ1v) is 12.6. The van der Waals surface area contributed by atoms with E-state index in [0.717, 1.165) is 23.7 Å². The first kappa shape index (κ1) is 22.6. The molecule has 32 heavy (non-hydrogen) atoms. The maximum absolute atomic E-state index is 12.8. The molecule has 0 radical (unpaired) electrons. The monoisotopic (exact) mass is 454 g/mol. The van der Waals surface area contributed by atoms with Crippen LogP contribution in [0.5, 0.6) is 5.75 Å². The molecule has 0 aliphatic heterocycles. The predicted molar refractivity (Wildman–Crippen MR) is 126 cm³/mol. The van der Waals surface area contributed by atoms with Crippen LogP contribution in [0, 0.1) is 17.8 Å². The van der Waals surface area contributed by atoms with E-state index in [1.165, 1.54) is 37.5 Å². The standard InChI is InChI=1S/C25H30N2O4S/c1-17(24-16-19-3-7-20(24)15-19)27-32(29,30)23-12-8-21(9-13-23)26-25(28)14-6-18-4-10-22(31-2)11-5-18/h4-6,8-14,17,19-20,24,27H,3,7,15-16H2,1-2H3,(H,26,28)/b14-6+. The van der Waals surface area contributed by atoms with Gasteiger partial charge in [0.05, 0.1) is 12.0 Å². The van der Waals surface area contributed by atoms with Crippen molar-refractivity contribution in [2.24, 2.45) is 17.8 Å². The average Bonchev–Trinajstić information content (AvgIpc) is 3.42. The Morgan fingerprint density at radius 2 is 1.78 bits per heavy atom. The van der Waals surface area contributed by atoms with Crippen LogP contribution in [0.2, 0.25) is 0 Å². The number of hydrogen-bond donors (Lipinski definition) is 2. The van der Waals surface area contributed by atoms with Crippen molar-refractivity contribution in [2.45, 2.75) is 43.5 Å². The van der Waals surface area contributed by atoms with Crippen LogP contribution in [0.15, 0.2) is 59.5 Å². The Hall–Kier alpha value is -2.64. The van der Waals surface area contributed by atoms with Gasteiger partial charge in [-0.05, 0) is 92.0 Å². The number of benzene rings is 2. The Labute approximate surface area is 190 Å². The van der Waals surface area contributed by atoms with Crippen molar-refractivity contribution in [3.8, 4) is 5.75 Å². The molecule has 0 saturated heterocycles. The third-order valence-electron chi connectivity index (χ3n) is 6.75. The molecule has 2 aliphatic rings. The predicted octanol–water partition coefficient (Wildman–Crippen LogP) is 4.45. The molecule has 0 heterocycles. The summed E-state index contributed by atoms with van der Waals surface area (Å²) in [5, 5.41) is 2.75. The molecule has 1 amide bonds. The van der Waals surface area contributed by atoms with Crippen LogP contribution in [0.25, 0.3) is 6.08 Å². The summed E-state index contributed by atoms with van der Waals surface area (Å²) in [7, 11) is -2.00. The highest BCUT2D eigenvalue weighted by Crippen LogP contribution is 2.49. The van der Waals surface area contributed by atoms with Crippen molar-refractivity contribution in [2.75, 3.05) is 12.4 Å². The molecule has 2 bridgehead atoms. The van der Waals surface area contributed by atoms with Gasteiger partial charge in [0.2, 0.25) is 15.9 Å². The van der Waals surface area contributed by atoms with Crippen LogP contribution in [0.3, 0.4) is 0 Å². The Kier molecular flexibility index (Phi) is 6.67. The quantitative estimate of drug-likeness (QED) is 0.577. The first-order chi connectivity index (χ1) is 15.3. The molecule has 2 fully saturated rings. The lowest BCUT2D eigenvalue weighted by Crippen LogP contribution is -2.40. The number of sulfonamides is 1. The van der Waals surface area contributed by atoms with E-state index < -0.39 is 10.0 Å². The molecule has 0 aromatic heterocycles. The smallest absolute Gasteiger partial charge is 0.248 e. The molecule has 4 rings (SSSR count). The normalized spacial score (nSPS) is 23.4. The van der Waals surface area contributed by atoms with Crippen LogP contribution in [0.4, 0.5) is 5.69 Å². The van der Waals surface area contributed by atoms with Crippen LogP contribution < -0.4 is 14.8 Å². The number of ether oxygens (including phenoxy) is 1. The van der Waals surface area contributed by atoms with Gasteiger partial charge in [0.15, 0.2) is 0 Å². The Bertz CT molecular complexity index is 1080. The highest BCUT2D eigenvalue weighted by Gasteiger charge is 2.42. The number of anilines is 1. The molecule has 4 unspecified atom stereocenters. The lowest BCUT2D eigenvalue weighted by Gasteiger charge is -2.28. The number of fused-ring (bicyclic) bond motifs is 2. The van der Waals surface area contributed by atoms with E-state index in [1.807, 2.05) is 31.2 Å². The van der Waals surface area contributed by atoms with Crippen molar-refractivity contribution >= 4 is 27.7 Å². The molecule has 2 aromatic rings. The molecule has 2 aromatic carbocycles. The van der Waals surface area contributed by atoms with Gasteiger partial charge in [-0.2, -0.15) is 0 Å². The zero-order valence-electron chi connectivity index (χ0n) is 18.5. The fraction of sp³-hybridized carbons (Fsp3) is 0.400. The van der Waals surface area contributed by atoms with E-state index in [2.05, 4.69) is 10.0 Å². The van der Waals surface area contributed by atoms with Gasteiger partial charge in [-0.15, -0.1) is 0 Å². The van der Waals surface area contributed by atoms with Crippen molar-refractivity contribution in [3.63, 3.8) is 0 Å². The number of methoxy groups -OCH3 is 1. The lowest BCUT2D eigenvalue weighted by molar-refractivity contribution is -0.111. The van der Waals surface area contributed by atoms with E-state index in [-0.39, 0.29) is 16.8 Å². The fourth-order valence-corrected chi connectivity index (χ4v) is 6.39. The maximum atomic E-state index is 12.8. The van der Waals surface area contributed by atoms with E-state index in [0.29, 0.717) is 17.5 Å². The molecule has 0 spiro atoms. The molecule has 7 heteroatoms. The molecule has 2 N–H and O–H groups in total. The largest absolute Gasteiger partial charge is 0.497 e. The molecule has 2 aliphatic carbocycles. The van der Waals surface area contributed by atoms with Crippen LogP contribution in [-0.2, 0) is 14.8 Å². The Balaban J connectivity index is 1.33. The number of rotatable bonds is 8. The maximum Gasteiger partial charge on any atom is 0.248 e. The van der Waals surface area contributed by atoms with Gasteiger partial charge in [0.1, 0.15) is 5.75 Å². The number of nitrogens with one attached hydrogen (secondary N) is 2. The summed E-state index contributed by atoms with van der Waals surface area (Å²) in [6.07, 6.45) is 8.03. The van der Waals surface area contributed by atoms with Gasteiger partial charge in [0, 0.05) is 17.8 Å². The molecule has 4 atom stereocenters. The minimum atomic E-state index is -3.60. The molecule has 170 valence electrons. The number of hydrogen-bond acceptors (Lipinski definition) is 4. The fourth-order valence-electron chi connectivity index (χ4n) is 5.09. The summed E-state index contributed by atoms with van der Waals surface area (Å²) in [5.41, 5.74) is 1.41. The van der Waals surface area contributed by atoms with Crippen LogP contribution in [-0.4, -0.2) is 27.5 Å². The molecule has 6 nitrogen and oxygen atoms in total. The van der Waals surface area contributed by atoms with Gasteiger partial charge in [-0.25, -0.2) is 13.1 Å². The topological polar surface area (TPSA) is 84.5 Å². The summed E-state index contributed by atoms with van der Waals surface area (Å²) in [6, 6.07) is 13.5. The summed E-state index contributed by atoms with van der Waals surface area (Å²) in [4.78, 5) is 12.4. The Morgan fingerprint density at radius 1 is 1.06 bits per heavy atom. The average molecular weight is 455 g/mol. The van der Waals surface area contributed by atoms with Crippen molar-refractivity contribution < 1.29 is 17.9 Å². The summed E-state index contributed by atoms with van der Waals surface area (Å²) >= 11 is 0. The van der Waals surface area contributed by atoms with Crippen molar-refractivity contribution in [1.82, 2.24) is 4.72 Å². The van der Waals surface area contributed by atoms with Gasteiger partial charge < -0.3 is 10.1 Å². The third kappa shape index (κ3) is 5.22. The van der Waals surface area contributed by atoms with Crippen molar-refractivity contribution in [3.05, 3.63) is 60.2 Å². The molecular formula is C25H30N2O4S. The molecule has 2 saturated carbocycles. The highest BCUT2D eigenvalue weighted by molar-refractivity contribution is 7.89. The van der Waals surface area contributed by atoms with Crippen LogP contribution in [0.1, 0.15) is 38.2 Å². The van der Waals surface area contributed by atoms with Gasteiger partial charge in [-0.1, -0.05) is 18.6 Å². The highest BCUT2D eigenvalue weighted by atomic mass is 32.2. The number of carbonyl (C=O) groups excluding carboxylic acids is 1. The summed E-state index contributed by atoms with van der Waals surface area (Å²) in [6.45, 7) is 1.98. The van der Waals surface area contributed by atoms with E-state index in [4.69, 9.17) is 4.74 Å². The van der Waals surface area contributed by atoms with E-state index in [1.54, 1.807) is 25.3 Å². The van der Waals surface area contributed by atoms with E-state index in [9.17, 15) is 13.2 Å². The zero-order valence-corrected chi connectivity index (χ0v) is 19.3. The summed E-state index contributed by atoms with van der Waals surface area (Å²) < 4.78 is 33.6. The van der Waals surface area contributed by atoms with Gasteiger partial charge in [-0.3, -0.25) is 4.79 Å². The second-order valence-corrected chi connectivity index (χ2v) is 10.6. The van der Waals surface area contributed by atoms with Crippen molar-refractivity contribution in [1.29, 1.82) is 0 Å². The minimum Gasteiger partial charge on any atom is -0.497 e. The van der Waals surface area contributed by atoms with Gasteiger partial charge >= 0.3 is 0 Å². The van der Waals surface area contributed by atoms with Gasteiger partial charge in [0.25, 0.3) is 0 Å². The third-order valence-corrected chi connectivity index (χ3v) is 8.33.